The Morgan fingerprint density at radius 1 is 1.15 bits per heavy atom. The SMILES string of the molecule is CC1OC(C)C(C(O)Cc2ccc3c(c2)CCC3)C1C. The topological polar surface area (TPSA) is 29.5 Å². The molecule has 0 radical (unpaired) electrons. The molecule has 1 aliphatic heterocycles. The fourth-order valence-electron chi connectivity index (χ4n) is 4.09. The van der Waals surface area contributed by atoms with Gasteiger partial charge in [0.15, 0.2) is 0 Å². The van der Waals surface area contributed by atoms with Gasteiger partial charge < -0.3 is 9.84 Å². The number of hydrogen-bond donors (Lipinski definition) is 1. The van der Waals surface area contributed by atoms with Crippen LogP contribution in [0.5, 0.6) is 0 Å². The third-order valence-electron chi connectivity index (χ3n) is 5.37. The van der Waals surface area contributed by atoms with Crippen LogP contribution in [0.2, 0.25) is 0 Å². The van der Waals surface area contributed by atoms with Crippen molar-refractivity contribution >= 4 is 0 Å². The zero-order chi connectivity index (χ0) is 14.3. The maximum Gasteiger partial charge on any atom is 0.0636 e. The lowest BCUT2D eigenvalue weighted by atomic mass is 9.82. The Morgan fingerprint density at radius 2 is 1.90 bits per heavy atom. The molecule has 20 heavy (non-hydrogen) atoms. The summed E-state index contributed by atoms with van der Waals surface area (Å²) in [6.07, 6.45) is 4.57. The Kier molecular flexibility index (Phi) is 3.87. The van der Waals surface area contributed by atoms with Gasteiger partial charge in [0.05, 0.1) is 18.3 Å². The molecule has 0 spiro atoms. The van der Waals surface area contributed by atoms with E-state index in [9.17, 15) is 5.11 Å². The minimum atomic E-state index is -0.301. The van der Waals surface area contributed by atoms with Gasteiger partial charge in [0.1, 0.15) is 0 Å². The highest BCUT2D eigenvalue weighted by atomic mass is 16.5. The Morgan fingerprint density at radius 3 is 2.60 bits per heavy atom. The molecule has 1 aromatic rings. The minimum Gasteiger partial charge on any atom is -0.392 e. The van der Waals surface area contributed by atoms with Gasteiger partial charge in [0, 0.05) is 5.92 Å². The maximum absolute atomic E-state index is 10.6. The van der Waals surface area contributed by atoms with Gasteiger partial charge in [-0.1, -0.05) is 25.1 Å². The fraction of sp³-hybridized carbons (Fsp3) is 0.667. The molecule has 2 aliphatic rings. The van der Waals surface area contributed by atoms with Crippen LogP contribution in [0.4, 0.5) is 0 Å². The van der Waals surface area contributed by atoms with E-state index in [0.717, 1.165) is 6.42 Å². The van der Waals surface area contributed by atoms with E-state index in [1.807, 2.05) is 0 Å². The van der Waals surface area contributed by atoms with E-state index in [-0.39, 0.29) is 24.2 Å². The summed E-state index contributed by atoms with van der Waals surface area (Å²) in [5, 5.41) is 10.6. The maximum atomic E-state index is 10.6. The predicted molar refractivity (Wildman–Crippen MR) is 80.8 cm³/mol. The molecule has 1 fully saturated rings. The molecular formula is C18H26O2. The van der Waals surface area contributed by atoms with Gasteiger partial charge in [0.25, 0.3) is 0 Å². The summed E-state index contributed by atoms with van der Waals surface area (Å²) >= 11 is 0. The molecule has 1 aliphatic carbocycles. The minimum absolute atomic E-state index is 0.157. The van der Waals surface area contributed by atoms with Crippen molar-refractivity contribution in [2.45, 2.75) is 64.8 Å². The van der Waals surface area contributed by atoms with Gasteiger partial charge >= 0.3 is 0 Å². The van der Waals surface area contributed by atoms with E-state index in [1.165, 1.54) is 36.0 Å². The summed E-state index contributed by atoms with van der Waals surface area (Å²) in [4.78, 5) is 0. The Balaban J connectivity index is 1.71. The molecule has 1 N–H and O–H groups in total. The first-order chi connectivity index (χ1) is 9.56. The van der Waals surface area contributed by atoms with Crippen molar-refractivity contribution < 1.29 is 9.84 Å². The van der Waals surface area contributed by atoms with E-state index in [0.29, 0.717) is 5.92 Å². The molecule has 0 amide bonds. The summed E-state index contributed by atoms with van der Waals surface area (Å²) in [7, 11) is 0. The number of fused-ring (bicyclic) bond motifs is 1. The molecule has 0 bridgehead atoms. The average Bonchev–Trinajstić information content (AvgIpc) is 2.94. The summed E-state index contributed by atoms with van der Waals surface area (Å²) < 4.78 is 5.86. The average molecular weight is 274 g/mol. The largest absolute Gasteiger partial charge is 0.392 e. The second-order valence-electron chi connectivity index (χ2n) is 6.71. The molecule has 1 heterocycles. The van der Waals surface area contributed by atoms with Crippen LogP contribution in [0, 0.1) is 11.8 Å². The Labute approximate surface area is 122 Å². The molecule has 2 heteroatoms. The molecule has 5 unspecified atom stereocenters. The van der Waals surface area contributed by atoms with Crippen LogP contribution in [0.3, 0.4) is 0 Å². The molecule has 1 aromatic carbocycles. The Hall–Kier alpha value is -0.860. The lowest BCUT2D eigenvalue weighted by Crippen LogP contribution is -2.32. The summed E-state index contributed by atoms with van der Waals surface area (Å²) in [5.74, 6) is 0.674. The summed E-state index contributed by atoms with van der Waals surface area (Å²) in [6, 6.07) is 6.76. The number of hydrogen-bond acceptors (Lipinski definition) is 2. The van der Waals surface area contributed by atoms with Gasteiger partial charge in [0.2, 0.25) is 0 Å². The van der Waals surface area contributed by atoms with Crippen molar-refractivity contribution in [2.24, 2.45) is 11.8 Å². The van der Waals surface area contributed by atoms with Crippen LogP contribution in [-0.2, 0) is 24.0 Å². The standard InChI is InChI=1S/C18H26O2/c1-11-12(2)20-13(3)18(11)17(19)10-14-7-8-15-5-4-6-16(15)9-14/h7-9,11-13,17-19H,4-6,10H2,1-3H3. The van der Waals surface area contributed by atoms with Crippen LogP contribution in [0.25, 0.3) is 0 Å². The van der Waals surface area contributed by atoms with E-state index in [2.05, 4.69) is 39.0 Å². The van der Waals surface area contributed by atoms with E-state index in [4.69, 9.17) is 4.74 Å². The quantitative estimate of drug-likeness (QED) is 0.917. The normalized spacial score (nSPS) is 34.2. The highest BCUT2D eigenvalue weighted by Crippen LogP contribution is 2.35. The Bertz CT molecular complexity index is 482. The number of rotatable bonds is 3. The van der Waals surface area contributed by atoms with Crippen molar-refractivity contribution in [3.8, 4) is 0 Å². The number of aryl methyl sites for hydroxylation is 2. The van der Waals surface area contributed by atoms with Crippen LogP contribution in [-0.4, -0.2) is 23.4 Å². The van der Waals surface area contributed by atoms with Gasteiger partial charge in [-0.05, 0) is 62.1 Å². The van der Waals surface area contributed by atoms with Crippen molar-refractivity contribution in [1.82, 2.24) is 0 Å². The number of benzene rings is 1. The molecule has 0 saturated carbocycles. The van der Waals surface area contributed by atoms with Crippen molar-refractivity contribution in [3.63, 3.8) is 0 Å². The highest BCUT2D eigenvalue weighted by molar-refractivity contribution is 5.35. The smallest absolute Gasteiger partial charge is 0.0636 e. The third-order valence-corrected chi connectivity index (χ3v) is 5.37. The molecule has 1 saturated heterocycles. The van der Waals surface area contributed by atoms with E-state index >= 15 is 0 Å². The molecule has 0 aromatic heterocycles. The van der Waals surface area contributed by atoms with Gasteiger partial charge in [-0.25, -0.2) is 0 Å². The van der Waals surface area contributed by atoms with Crippen LogP contribution < -0.4 is 0 Å². The molecule has 2 nitrogen and oxygen atoms in total. The molecule has 5 atom stereocenters. The zero-order valence-electron chi connectivity index (χ0n) is 12.8. The first kappa shape index (κ1) is 14.1. The van der Waals surface area contributed by atoms with Gasteiger partial charge in [-0.3, -0.25) is 0 Å². The predicted octanol–water partition coefficient (Wildman–Crippen LogP) is 3.14. The lowest BCUT2D eigenvalue weighted by molar-refractivity contribution is 0.0240. The van der Waals surface area contributed by atoms with Gasteiger partial charge in [-0.2, -0.15) is 0 Å². The first-order valence-corrected chi connectivity index (χ1v) is 8.00. The van der Waals surface area contributed by atoms with Crippen LogP contribution in [0.15, 0.2) is 18.2 Å². The third kappa shape index (κ3) is 2.51. The molecular weight excluding hydrogens is 248 g/mol. The van der Waals surface area contributed by atoms with Crippen LogP contribution in [0.1, 0.15) is 43.9 Å². The van der Waals surface area contributed by atoms with Gasteiger partial charge in [-0.15, -0.1) is 0 Å². The van der Waals surface area contributed by atoms with Crippen LogP contribution >= 0.6 is 0 Å². The van der Waals surface area contributed by atoms with Crippen molar-refractivity contribution in [2.75, 3.05) is 0 Å². The fourth-order valence-corrected chi connectivity index (χ4v) is 4.09. The number of aliphatic hydroxyl groups excluding tert-OH is 1. The summed E-state index contributed by atoms with van der Waals surface area (Å²) in [5.41, 5.74) is 4.27. The monoisotopic (exact) mass is 274 g/mol. The molecule has 110 valence electrons. The zero-order valence-corrected chi connectivity index (χ0v) is 12.8. The van der Waals surface area contributed by atoms with Crippen molar-refractivity contribution in [3.05, 3.63) is 34.9 Å². The van der Waals surface area contributed by atoms with E-state index < -0.39 is 0 Å². The second kappa shape index (κ2) is 5.50. The second-order valence-corrected chi connectivity index (χ2v) is 6.71. The molecule has 3 rings (SSSR count). The van der Waals surface area contributed by atoms with Crippen molar-refractivity contribution in [1.29, 1.82) is 0 Å². The highest BCUT2D eigenvalue weighted by Gasteiger charge is 2.40. The number of ether oxygens (including phenoxy) is 1. The lowest BCUT2D eigenvalue weighted by Gasteiger charge is -2.25. The number of aliphatic hydroxyl groups is 1. The first-order valence-electron chi connectivity index (χ1n) is 8.00. The van der Waals surface area contributed by atoms with E-state index in [1.54, 1.807) is 0 Å². The summed E-state index contributed by atoms with van der Waals surface area (Å²) in [6.45, 7) is 6.41.